The summed E-state index contributed by atoms with van der Waals surface area (Å²) in [7, 11) is 0. The molecule has 2 aromatic heterocycles. The lowest BCUT2D eigenvalue weighted by molar-refractivity contribution is -0.136. The molecule has 144 valence electrons. The second-order valence-electron chi connectivity index (χ2n) is 6.17. The van der Waals surface area contributed by atoms with Crippen molar-refractivity contribution in [1.82, 2.24) is 0 Å². The first-order valence-electron chi connectivity index (χ1n) is 9.02. The third-order valence-corrected chi connectivity index (χ3v) is 6.29. The van der Waals surface area contributed by atoms with Gasteiger partial charge >= 0.3 is 5.97 Å². The van der Waals surface area contributed by atoms with Gasteiger partial charge in [0.2, 0.25) is 0 Å². The first kappa shape index (κ1) is 20.5. The summed E-state index contributed by atoms with van der Waals surface area (Å²) in [4.78, 5) is 14.9. The van der Waals surface area contributed by atoms with Gasteiger partial charge in [0.25, 0.3) is 0 Å². The zero-order valence-electron chi connectivity index (χ0n) is 15.6. The highest BCUT2D eigenvalue weighted by molar-refractivity contribution is 7.15. The van der Waals surface area contributed by atoms with Crippen molar-refractivity contribution in [2.75, 3.05) is 0 Å². The minimum Gasteiger partial charge on any atom is -0.481 e. The molecule has 0 spiro atoms. The Morgan fingerprint density at radius 3 is 1.72 bits per heavy atom. The number of aliphatic carboxylic acids is 1. The van der Waals surface area contributed by atoms with Crippen molar-refractivity contribution < 1.29 is 9.90 Å². The summed E-state index contributed by atoms with van der Waals surface area (Å²) in [6.07, 6.45) is 0.620. The lowest BCUT2D eigenvalue weighted by atomic mass is 10.2. The second-order valence-corrected chi connectivity index (χ2v) is 8.51. The van der Waals surface area contributed by atoms with Crippen molar-refractivity contribution >= 4 is 28.6 Å². The Kier molecular flexibility index (Phi) is 7.34. The van der Waals surface area contributed by atoms with Crippen molar-refractivity contribution in [1.29, 1.82) is 5.26 Å². The van der Waals surface area contributed by atoms with E-state index < -0.39 is 5.97 Å². The van der Waals surface area contributed by atoms with Gasteiger partial charge in [-0.15, -0.1) is 22.7 Å². The van der Waals surface area contributed by atoms with E-state index in [1.165, 1.54) is 21.8 Å². The van der Waals surface area contributed by atoms with Crippen LogP contribution in [0.25, 0.3) is 20.9 Å². The number of carboxylic acid groups (broad SMARTS) is 1. The number of nitrogens with zero attached hydrogens (tertiary/aromatic N) is 1. The summed E-state index contributed by atoms with van der Waals surface area (Å²) in [6, 6.07) is 30.3. The molecule has 1 N–H and O–H groups in total. The van der Waals surface area contributed by atoms with Gasteiger partial charge in [0, 0.05) is 19.5 Å². The summed E-state index contributed by atoms with van der Waals surface area (Å²) in [5, 5.41) is 17.2. The zero-order valence-corrected chi connectivity index (χ0v) is 17.2. The molecule has 0 aliphatic rings. The number of carbonyl (C=O) groups is 1. The standard InChI is InChI=1S/C12H9NS.C12H10O2S/c13-9-8-11-6-7-12(14-11)10-4-2-1-3-5-10;13-12(14)8-10-6-7-11(15-10)9-4-2-1-3-5-9/h1-7H,8H2;1-7H,8H2,(H,13,14). The average molecular weight is 418 g/mol. The van der Waals surface area contributed by atoms with Crippen LogP contribution in [0.3, 0.4) is 0 Å². The molecule has 0 unspecified atom stereocenters. The molecule has 0 atom stereocenters. The highest BCUT2D eigenvalue weighted by atomic mass is 32.1. The predicted octanol–water partition coefficient (Wildman–Crippen LogP) is 6.52. The molecule has 0 amide bonds. The van der Waals surface area contributed by atoms with Gasteiger partial charge in [0.15, 0.2) is 0 Å². The highest BCUT2D eigenvalue weighted by Gasteiger charge is 2.05. The largest absolute Gasteiger partial charge is 0.481 e. The Labute approximate surface area is 178 Å². The van der Waals surface area contributed by atoms with Crippen molar-refractivity contribution in [3.05, 3.63) is 94.7 Å². The molecule has 2 aromatic carbocycles. The maximum absolute atomic E-state index is 10.5. The third-order valence-electron chi connectivity index (χ3n) is 4.02. The monoisotopic (exact) mass is 417 g/mol. The number of thiophene rings is 2. The van der Waals surface area contributed by atoms with Crippen LogP contribution in [0.4, 0.5) is 0 Å². The topological polar surface area (TPSA) is 61.1 Å². The van der Waals surface area contributed by atoms with Crippen LogP contribution >= 0.6 is 22.7 Å². The number of carboxylic acids is 1. The Balaban J connectivity index is 0.000000166. The van der Waals surface area contributed by atoms with Crippen LogP contribution < -0.4 is 0 Å². The lowest BCUT2D eigenvalue weighted by Crippen LogP contribution is -1.96. The van der Waals surface area contributed by atoms with Gasteiger partial charge in [-0.1, -0.05) is 60.7 Å². The van der Waals surface area contributed by atoms with Crippen molar-refractivity contribution in [2.45, 2.75) is 12.8 Å². The van der Waals surface area contributed by atoms with E-state index in [9.17, 15) is 4.79 Å². The third kappa shape index (κ3) is 6.15. The van der Waals surface area contributed by atoms with Gasteiger partial charge in [-0.05, 0) is 35.4 Å². The van der Waals surface area contributed by atoms with Crippen LogP contribution in [-0.2, 0) is 17.6 Å². The van der Waals surface area contributed by atoms with E-state index in [0.29, 0.717) is 6.42 Å². The molecule has 0 radical (unpaired) electrons. The van der Waals surface area contributed by atoms with E-state index in [1.807, 2.05) is 66.7 Å². The van der Waals surface area contributed by atoms with Crippen LogP contribution in [0.2, 0.25) is 0 Å². The predicted molar refractivity (Wildman–Crippen MR) is 120 cm³/mol. The fourth-order valence-electron chi connectivity index (χ4n) is 2.69. The van der Waals surface area contributed by atoms with E-state index in [-0.39, 0.29) is 6.42 Å². The molecule has 0 fully saturated rings. The van der Waals surface area contributed by atoms with Crippen molar-refractivity contribution in [3.63, 3.8) is 0 Å². The van der Waals surface area contributed by atoms with E-state index in [2.05, 4.69) is 24.3 Å². The SMILES string of the molecule is N#CCc1ccc(-c2ccccc2)s1.O=C(O)Cc1ccc(-c2ccccc2)s1. The summed E-state index contributed by atoms with van der Waals surface area (Å²) >= 11 is 3.22. The second kappa shape index (κ2) is 10.4. The lowest BCUT2D eigenvalue weighted by Gasteiger charge is -1.94. The van der Waals surface area contributed by atoms with Crippen LogP contribution in [0.15, 0.2) is 84.9 Å². The van der Waals surface area contributed by atoms with Crippen LogP contribution in [0.1, 0.15) is 9.75 Å². The van der Waals surface area contributed by atoms with Crippen LogP contribution in [0.5, 0.6) is 0 Å². The van der Waals surface area contributed by atoms with E-state index in [0.717, 1.165) is 20.2 Å². The van der Waals surface area contributed by atoms with E-state index >= 15 is 0 Å². The molecule has 5 heteroatoms. The summed E-state index contributed by atoms with van der Waals surface area (Å²) in [5.74, 6) is -0.781. The quantitative estimate of drug-likeness (QED) is 0.402. The molecule has 4 rings (SSSR count). The summed E-state index contributed by atoms with van der Waals surface area (Å²) in [6.45, 7) is 0. The first-order chi connectivity index (χ1) is 14.2. The van der Waals surface area contributed by atoms with Crippen LogP contribution in [0, 0.1) is 11.3 Å². The summed E-state index contributed by atoms with van der Waals surface area (Å²) in [5.41, 5.74) is 2.36. The number of benzene rings is 2. The molecule has 4 aromatic rings. The number of hydrogen-bond acceptors (Lipinski definition) is 4. The average Bonchev–Trinajstić information content (AvgIpc) is 3.40. The molecule has 29 heavy (non-hydrogen) atoms. The number of rotatable bonds is 5. The van der Waals surface area contributed by atoms with Gasteiger partial charge < -0.3 is 5.11 Å². The zero-order chi connectivity index (χ0) is 20.5. The van der Waals surface area contributed by atoms with Gasteiger partial charge in [0.1, 0.15) is 0 Å². The molecule has 0 saturated heterocycles. The molecular weight excluding hydrogens is 398 g/mol. The van der Waals surface area contributed by atoms with Gasteiger partial charge in [-0.3, -0.25) is 4.79 Å². The Hall–Kier alpha value is -3.20. The van der Waals surface area contributed by atoms with Crippen molar-refractivity contribution in [2.24, 2.45) is 0 Å². The van der Waals surface area contributed by atoms with Gasteiger partial charge in [-0.25, -0.2) is 0 Å². The molecular formula is C24H19NO2S2. The van der Waals surface area contributed by atoms with E-state index in [1.54, 1.807) is 11.3 Å². The minimum atomic E-state index is -0.781. The molecule has 3 nitrogen and oxygen atoms in total. The molecule has 0 aliphatic heterocycles. The first-order valence-corrected chi connectivity index (χ1v) is 10.7. The fraction of sp³-hybridized carbons (Fsp3) is 0.0833. The van der Waals surface area contributed by atoms with Gasteiger partial charge in [-0.2, -0.15) is 5.26 Å². The highest BCUT2D eigenvalue weighted by Crippen LogP contribution is 2.28. The molecule has 2 heterocycles. The maximum Gasteiger partial charge on any atom is 0.308 e. The number of hydrogen-bond donors (Lipinski definition) is 1. The maximum atomic E-state index is 10.5. The molecule has 0 aliphatic carbocycles. The Bertz CT molecular complexity index is 1090. The summed E-state index contributed by atoms with van der Waals surface area (Å²) < 4.78 is 0. The normalized spacial score (nSPS) is 9.90. The smallest absolute Gasteiger partial charge is 0.308 e. The Morgan fingerprint density at radius 1 is 0.759 bits per heavy atom. The molecule has 0 bridgehead atoms. The Morgan fingerprint density at radius 2 is 1.24 bits per heavy atom. The van der Waals surface area contributed by atoms with E-state index in [4.69, 9.17) is 10.4 Å². The van der Waals surface area contributed by atoms with Gasteiger partial charge in [0.05, 0.1) is 18.9 Å². The molecule has 0 saturated carbocycles. The van der Waals surface area contributed by atoms with Crippen molar-refractivity contribution in [3.8, 4) is 27.0 Å². The number of nitriles is 1. The van der Waals surface area contributed by atoms with Crippen LogP contribution in [-0.4, -0.2) is 11.1 Å². The fourth-order valence-corrected chi connectivity index (χ4v) is 4.64. The minimum absolute atomic E-state index is 0.109.